The Morgan fingerprint density at radius 2 is 1.92 bits per heavy atom. The first kappa shape index (κ1) is 12.9. The van der Waals surface area contributed by atoms with Gasteiger partial charge in [0.25, 0.3) is 0 Å². The second-order valence-electron chi connectivity index (χ2n) is 3.82. The van der Waals surface area contributed by atoms with E-state index in [9.17, 15) is 8.42 Å². The van der Waals surface area contributed by atoms with Gasteiger partial charge >= 0.3 is 0 Å². The zero-order chi connectivity index (χ0) is 10.5. The van der Waals surface area contributed by atoms with Gasteiger partial charge in [-0.15, -0.1) is 0 Å². The topological polar surface area (TPSA) is 60.2 Å². The van der Waals surface area contributed by atoms with Crippen molar-refractivity contribution in [1.82, 2.24) is 0 Å². The Kier molecular flexibility index (Phi) is 5.56. The minimum absolute atomic E-state index is 0.208. The van der Waals surface area contributed by atoms with E-state index in [1.807, 2.05) is 0 Å². The summed E-state index contributed by atoms with van der Waals surface area (Å²) in [5.41, 5.74) is 5.82. The average Bonchev–Trinajstić information content (AvgIpc) is 2.00. The largest absolute Gasteiger partial charge is 0.327 e. The van der Waals surface area contributed by atoms with E-state index in [4.69, 9.17) is 5.73 Å². The Morgan fingerprint density at radius 1 is 1.38 bits per heavy atom. The van der Waals surface area contributed by atoms with Crippen molar-refractivity contribution in [3.05, 3.63) is 0 Å². The minimum atomic E-state index is -2.79. The highest BCUT2D eigenvalue weighted by Crippen LogP contribution is 2.11. The van der Waals surface area contributed by atoms with Gasteiger partial charge in [-0.3, -0.25) is 0 Å². The van der Waals surface area contributed by atoms with Gasteiger partial charge in [-0.1, -0.05) is 13.8 Å². The summed E-state index contributed by atoms with van der Waals surface area (Å²) in [5, 5.41) is 0. The molecule has 0 bridgehead atoms. The van der Waals surface area contributed by atoms with Gasteiger partial charge in [-0.25, -0.2) is 8.42 Å². The quantitative estimate of drug-likeness (QED) is 0.711. The summed E-state index contributed by atoms with van der Waals surface area (Å²) in [6.07, 6.45) is 3.87. The molecular formula is C9H21NO2S. The number of rotatable bonds is 6. The number of sulfone groups is 1. The maximum atomic E-state index is 10.8. The van der Waals surface area contributed by atoms with E-state index in [2.05, 4.69) is 13.8 Å². The molecule has 0 aromatic rings. The van der Waals surface area contributed by atoms with E-state index in [1.165, 1.54) is 6.26 Å². The van der Waals surface area contributed by atoms with Crippen molar-refractivity contribution in [1.29, 1.82) is 0 Å². The molecule has 0 radical (unpaired) electrons. The summed E-state index contributed by atoms with van der Waals surface area (Å²) < 4.78 is 21.6. The lowest BCUT2D eigenvalue weighted by Gasteiger charge is -2.17. The molecule has 0 saturated carbocycles. The van der Waals surface area contributed by atoms with Crippen molar-refractivity contribution in [3.63, 3.8) is 0 Å². The molecule has 2 N–H and O–H groups in total. The van der Waals surface area contributed by atoms with E-state index in [0.29, 0.717) is 5.92 Å². The van der Waals surface area contributed by atoms with Crippen molar-refractivity contribution in [2.75, 3.05) is 12.0 Å². The molecule has 0 aromatic heterocycles. The van der Waals surface area contributed by atoms with Crippen LogP contribution in [0.3, 0.4) is 0 Å². The predicted octanol–water partition coefficient (Wildman–Crippen LogP) is 1.18. The summed E-state index contributed by atoms with van der Waals surface area (Å²) in [6, 6.07) is 0.208. The highest BCUT2D eigenvalue weighted by molar-refractivity contribution is 7.90. The van der Waals surface area contributed by atoms with Crippen LogP contribution in [0.4, 0.5) is 0 Å². The molecule has 2 atom stereocenters. The molecule has 0 heterocycles. The first-order valence-corrected chi connectivity index (χ1v) is 6.86. The first-order valence-electron chi connectivity index (χ1n) is 4.80. The lowest BCUT2D eigenvalue weighted by atomic mass is 9.96. The molecule has 0 aliphatic heterocycles. The van der Waals surface area contributed by atoms with Gasteiger partial charge in [0.05, 0.1) is 0 Å². The Labute approximate surface area is 81.6 Å². The first-order chi connectivity index (χ1) is 5.87. The summed E-state index contributed by atoms with van der Waals surface area (Å²) in [6.45, 7) is 4.13. The van der Waals surface area contributed by atoms with Crippen LogP contribution in [0.2, 0.25) is 0 Å². The highest BCUT2D eigenvalue weighted by Gasteiger charge is 2.11. The number of nitrogens with two attached hydrogens (primary N) is 1. The Balaban J connectivity index is 3.65. The molecule has 13 heavy (non-hydrogen) atoms. The molecule has 3 nitrogen and oxygen atoms in total. The number of hydrogen-bond donors (Lipinski definition) is 1. The van der Waals surface area contributed by atoms with Crippen LogP contribution in [0.15, 0.2) is 0 Å². The fourth-order valence-corrected chi connectivity index (χ4v) is 1.97. The molecule has 0 rings (SSSR count). The summed E-state index contributed by atoms with van der Waals surface area (Å²) >= 11 is 0. The van der Waals surface area contributed by atoms with Crippen LogP contribution in [0.5, 0.6) is 0 Å². The summed E-state index contributed by atoms with van der Waals surface area (Å²) in [7, 11) is -2.79. The van der Waals surface area contributed by atoms with E-state index in [0.717, 1.165) is 19.3 Å². The normalized spacial score (nSPS) is 16.9. The Bertz CT molecular complexity index is 224. The maximum Gasteiger partial charge on any atom is 0.147 e. The third-order valence-electron chi connectivity index (χ3n) is 2.38. The lowest BCUT2D eigenvalue weighted by Crippen LogP contribution is -2.27. The monoisotopic (exact) mass is 207 g/mol. The lowest BCUT2D eigenvalue weighted by molar-refractivity contribution is 0.413. The Hall–Kier alpha value is -0.0900. The van der Waals surface area contributed by atoms with Crippen molar-refractivity contribution >= 4 is 9.84 Å². The van der Waals surface area contributed by atoms with Gasteiger partial charge in [0.2, 0.25) is 0 Å². The SMILES string of the molecule is CCC(N)C(C)CCCS(C)(=O)=O. The van der Waals surface area contributed by atoms with Crippen molar-refractivity contribution in [3.8, 4) is 0 Å². The van der Waals surface area contributed by atoms with Crippen LogP contribution in [0, 0.1) is 5.92 Å². The predicted molar refractivity (Wildman–Crippen MR) is 56.4 cm³/mol. The molecule has 4 heteroatoms. The van der Waals surface area contributed by atoms with Gasteiger partial charge in [0.1, 0.15) is 9.84 Å². The van der Waals surface area contributed by atoms with E-state index < -0.39 is 9.84 Å². The number of hydrogen-bond acceptors (Lipinski definition) is 3. The second-order valence-corrected chi connectivity index (χ2v) is 6.08. The smallest absolute Gasteiger partial charge is 0.147 e. The maximum absolute atomic E-state index is 10.8. The van der Waals surface area contributed by atoms with Crippen molar-refractivity contribution < 1.29 is 8.42 Å². The van der Waals surface area contributed by atoms with Crippen LogP contribution >= 0.6 is 0 Å². The minimum Gasteiger partial charge on any atom is -0.327 e. The van der Waals surface area contributed by atoms with Crippen molar-refractivity contribution in [2.45, 2.75) is 39.2 Å². The molecule has 0 fully saturated rings. The van der Waals surface area contributed by atoms with E-state index >= 15 is 0 Å². The zero-order valence-electron chi connectivity index (χ0n) is 8.79. The van der Waals surface area contributed by atoms with Crippen LogP contribution in [0.1, 0.15) is 33.1 Å². The molecule has 0 aliphatic rings. The van der Waals surface area contributed by atoms with Crippen LogP contribution in [-0.2, 0) is 9.84 Å². The standard InChI is InChI=1S/C9H21NO2S/c1-4-9(10)8(2)6-5-7-13(3,11)12/h8-9H,4-7,10H2,1-3H3. The average molecular weight is 207 g/mol. The molecule has 80 valence electrons. The molecule has 0 amide bonds. The third-order valence-corrected chi connectivity index (χ3v) is 3.41. The summed E-state index contributed by atoms with van der Waals surface area (Å²) in [5.74, 6) is 0.708. The van der Waals surface area contributed by atoms with Crippen LogP contribution in [0.25, 0.3) is 0 Å². The van der Waals surface area contributed by atoms with Gasteiger partial charge in [-0.05, 0) is 25.2 Å². The molecule has 0 aromatic carbocycles. The molecule has 0 aliphatic carbocycles. The molecular weight excluding hydrogens is 186 g/mol. The van der Waals surface area contributed by atoms with Crippen LogP contribution in [-0.4, -0.2) is 26.5 Å². The fraction of sp³-hybridized carbons (Fsp3) is 1.00. The molecule has 0 spiro atoms. The third kappa shape index (κ3) is 7.02. The van der Waals surface area contributed by atoms with Gasteiger partial charge in [0.15, 0.2) is 0 Å². The zero-order valence-corrected chi connectivity index (χ0v) is 9.60. The van der Waals surface area contributed by atoms with Gasteiger partial charge in [0, 0.05) is 18.1 Å². The van der Waals surface area contributed by atoms with E-state index in [-0.39, 0.29) is 11.8 Å². The van der Waals surface area contributed by atoms with E-state index in [1.54, 1.807) is 0 Å². The summed E-state index contributed by atoms with van der Waals surface area (Å²) in [4.78, 5) is 0. The molecule has 0 saturated heterocycles. The second kappa shape index (κ2) is 5.60. The van der Waals surface area contributed by atoms with Gasteiger partial charge in [-0.2, -0.15) is 0 Å². The fourth-order valence-electron chi connectivity index (χ4n) is 1.28. The van der Waals surface area contributed by atoms with Crippen molar-refractivity contribution in [2.24, 2.45) is 11.7 Å². The Morgan fingerprint density at radius 3 is 2.31 bits per heavy atom. The van der Waals surface area contributed by atoms with Gasteiger partial charge < -0.3 is 5.73 Å². The molecule has 2 unspecified atom stereocenters. The van der Waals surface area contributed by atoms with Crippen LogP contribution < -0.4 is 5.73 Å². The highest BCUT2D eigenvalue weighted by atomic mass is 32.2.